The molecule has 4 aromatic rings. The van der Waals surface area contributed by atoms with E-state index in [1.807, 2.05) is 66.9 Å². The van der Waals surface area contributed by atoms with Gasteiger partial charge in [-0.25, -0.2) is 18.1 Å². The topological polar surface area (TPSA) is 90.3 Å². The van der Waals surface area contributed by atoms with Crippen molar-refractivity contribution in [2.45, 2.75) is 39.8 Å². The predicted octanol–water partition coefficient (Wildman–Crippen LogP) is 5.49. The van der Waals surface area contributed by atoms with Gasteiger partial charge in [-0.3, -0.25) is 4.79 Å². The Kier molecular flexibility index (Phi) is 7.96. The Morgan fingerprint density at radius 2 is 1.86 bits per heavy atom. The number of hydrogen-bond acceptors (Lipinski definition) is 5. The summed E-state index contributed by atoms with van der Waals surface area (Å²) in [6.07, 6.45) is 1.22. The Hall–Kier alpha value is -3.36. The first kappa shape index (κ1) is 25.7. The van der Waals surface area contributed by atoms with E-state index in [2.05, 4.69) is 9.71 Å². The first-order valence-corrected chi connectivity index (χ1v) is 13.8. The van der Waals surface area contributed by atoms with Gasteiger partial charge in [-0.05, 0) is 60.9 Å². The number of imidazole rings is 1. The summed E-state index contributed by atoms with van der Waals surface area (Å²) < 4.78 is 34.3. The van der Waals surface area contributed by atoms with Crippen LogP contribution in [0.1, 0.15) is 47.1 Å². The van der Waals surface area contributed by atoms with Crippen molar-refractivity contribution < 1.29 is 17.9 Å². The van der Waals surface area contributed by atoms with Gasteiger partial charge in [-0.2, -0.15) is 0 Å². The number of para-hydroxylation sites is 1. The van der Waals surface area contributed by atoms with Crippen molar-refractivity contribution >= 4 is 38.6 Å². The van der Waals surface area contributed by atoms with Crippen LogP contribution < -0.4 is 9.46 Å². The number of benzene rings is 3. The van der Waals surface area contributed by atoms with Crippen LogP contribution in [-0.4, -0.2) is 29.6 Å². The molecule has 1 aromatic heterocycles. The fourth-order valence-electron chi connectivity index (χ4n) is 3.83. The van der Waals surface area contributed by atoms with E-state index in [4.69, 9.17) is 16.3 Å². The number of nitrogens with one attached hydrogen (secondary N) is 1. The molecule has 3 aromatic carbocycles. The second kappa shape index (κ2) is 11.1. The second-order valence-electron chi connectivity index (χ2n) is 8.58. The van der Waals surface area contributed by atoms with Gasteiger partial charge in [0.15, 0.2) is 0 Å². The van der Waals surface area contributed by atoms with Crippen LogP contribution in [0.4, 0.5) is 0 Å². The molecule has 1 N–H and O–H groups in total. The molecule has 9 heteroatoms. The van der Waals surface area contributed by atoms with Crippen LogP contribution in [0.3, 0.4) is 0 Å². The van der Waals surface area contributed by atoms with E-state index in [1.165, 1.54) is 0 Å². The van der Waals surface area contributed by atoms with Crippen LogP contribution >= 0.6 is 11.6 Å². The Morgan fingerprint density at radius 3 is 2.58 bits per heavy atom. The highest BCUT2D eigenvalue weighted by Gasteiger charge is 2.18. The number of sulfonamides is 1. The summed E-state index contributed by atoms with van der Waals surface area (Å²) in [4.78, 5) is 17.2. The van der Waals surface area contributed by atoms with Gasteiger partial charge in [-0.15, -0.1) is 0 Å². The molecule has 0 radical (unpaired) electrons. The van der Waals surface area contributed by atoms with Gasteiger partial charge < -0.3 is 9.30 Å². The first-order valence-electron chi connectivity index (χ1n) is 11.7. The van der Waals surface area contributed by atoms with E-state index in [1.54, 1.807) is 18.2 Å². The molecule has 0 saturated heterocycles. The number of aryl methyl sites for hydroxylation is 1. The molecule has 0 aliphatic carbocycles. The summed E-state index contributed by atoms with van der Waals surface area (Å²) in [5.41, 5.74) is 3.52. The number of fused-ring (bicyclic) bond motifs is 1. The van der Waals surface area contributed by atoms with Gasteiger partial charge in [0.05, 0.1) is 23.3 Å². The number of amides is 1. The van der Waals surface area contributed by atoms with Crippen molar-refractivity contribution in [3.8, 4) is 5.75 Å². The summed E-state index contributed by atoms with van der Waals surface area (Å²) in [5.74, 6) is 0.806. The van der Waals surface area contributed by atoms with Crippen LogP contribution in [0.2, 0.25) is 5.02 Å². The molecule has 4 rings (SSSR count). The van der Waals surface area contributed by atoms with Gasteiger partial charge >= 0.3 is 0 Å². The molecule has 0 saturated carbocycles. The number of carbonyl (C=O) groups is 1. The normalized spacial score (nSPS) is 11.5. The van der Waals surface area contributed by atoms with Gasteiger partial charge in [0.25, 0.3) is 5.91 Å². The first-order chi connectivity index (χ1) is 17.3. The molecule has 1 amide bonds. The molecule has 7 nitrogen and oxygen atoms in total. The molecular weight excluding hydrogens is 498 g/mol. The van der Waals surface area contributed by atoms with Gasteiger partial charge in [-0.1, -0.05) is 55.3 Å². The second-order valence-corrected chi connectivity index (χ2v) is 10.8. The molecule has 0 atom stereocenters. The zero-order chi connectivity index (χ0) is 25.7. The zero-order valence-electron chi connectivity index (χ0n) is 20.2. The number of nitrogens with zero attached hydrogens (tertiary/aromatic N) is 2. The van der Waals surface area contributed by atoms with Crippen molar-refractivity contribution in [1.82, 2.24) is 14.3 Å². The van der Waals surface area contributed by atoms with Crippen molar-refractivity contribution in [3.05, 3.63) is 94.3 Å². The summed E-state index contributed by atoms with van der Waals surface area (Å²) in [7, 11) is -3.68. The SMILES string of the molecule is CCCCS(=O)(=O)NC(=O)c1ccc2nc(C)n(Cc3ccc(COc4ccccc4)cc3Cl)c2c1. The zero-order valence-corrected chi connectivity index (χ0v) is 21.8. The molecule has 0 fully saturated rings. The standard InChI is InChI=1S/C27H28ClN3O4S/c1-3-4-14-36(33,34)30-27(32)21-12-13-25-26(16-21)31(19(2)29-25)17-22-11-10-20(15-24(22)28)18-35-23-8-6-5-7-9-23/h5-13,15-16H,3-4,14,17-18H2,1-2H3,(H,30,32). The van der Waals surface area contributed by atoms with E-state index >= 15 is 0 Å². The highest BCUT2D eigenvalue weighted by molar-refractivity contribution is 7.90. The molecule has 0 aliphatic rings. The van der Waals surface area contributed by atoms with E-state index in [0.29, 0.717) is 30.1 Å². The lowest BCUT2D eigenvalue weighted by Gasteiger charge is -2.12. The number of hydrogen-bond donors (Lipinski definition) is 1. The van der Waals surface area contributed by atoms with Crippen LogP contribution in [0.5, 0.6) is 5.75 Å². The third-order valence-electron chi connectivity index (χ3n) is 5.81. The van der Waals surface area contributed by atoms with Gasteiger partial charge in [0, 0.05) is 10.6 Å². The lowest BCUT2D eigenvalue weighted by Crippen LogP contribution is -2.32. The molecule has 0 aliphatic heterocycles. The van der Waals surface area contributed by atoms with Crippen LogP contribution in [0.15, 0.2) is 66.7 Å². The Labute approximate surface area is 216 Å². The lowest BCUT2D eigenvalue weighted by molar-refractivity contribution is 0.0981. The fraction of sp³-hybridized carbons (Fsp3) is 0.259. The maximum absolute atomic E-state index is 12.6. The third kappa shape index (κ3) is 6.25. The number of aromatic nitrogens is 2. The Morgan fingerprint density at radius 1 is 1.08 bits per heavy atom. The number of ether oxygens (including phenoxy) is 1. The smallest absolute Gasteiger partial charge is 0.264 e. The van der Waals surface area contributed by atoms with E-state index in [-0.39, 0.29) is 11.3 Å². The average molecular weight is 526 g/mol. The number of halogens is 1. The maximum atomic E-state index is 12.6. The van der Waals surface area contributed by atoms with Crippen LogP contribution in [-0.2, 0) is 23.2 Å². The molecule has 0 spiro atoms. The minimum Gasteiger partial charge on any atom is -0.489 e. The largest absolute Gasteiger partial charge is 0.489 e. The molecule has 0 bridgehead atoms. The molecular formula is C27H28ClN3O4S. The summed E-state index contributed by atoms with van der Waals surface area (Å²) in [6.45, 7) is 4.62. The third-order valence-corrected chi connectivity index (χ3v) is 7.49. The van der Waals surface area contributed by atoms with E-state index < -0.39 is 15.9 Å². The van der Waals surface area contributed by atoms with Crippen LogP contribution in [0, 0.1) is 6.92 Å². The Bertz CT molecular complexity index is 1480. The predicted molar refractivity (Wildman–Crippen MR) is 142 cm³/mol. The number of unbranched alkanes of at least 4 members (excludes halogenated alkanes) is 1. The molecule has 0 unspecified atom stereocenters. The minimum atomic E-state index is -3.68. The molecule has 188 valence electrons. The number of rotatable bonds is 10. The fourth-order valence-corrected chi connectivity index (χ4v) is 5.27. The lowest BCUT2D eigenvalue weighted by atomic mass is 10.1. The van der Waals surface area contributed by atoms with Gasteiger partial charge in [0.1, 0.15) is 18.2 Å². The monoisotopic (exact) mass is 525 g/mol. The van der Waals surface area contributed by atoms with Gasteiger partial charge in [0.2, 0.25) is 10.0 Å². The quantitative estimate of drug-likeness (QED) is 0.296. The highest BCUT2D eigenvalue weighted by atomic mass is 35.5. The van der Waals surface area contributed by atoms with Crippen molar-refractivity contribution in [3.63, 3.8) is 0 Å². The van der Waals surface area contributed by atoms with Crippen molar-refractivity contribution in [2.75, 3.05) is 5.75 Å². The average Bonchev–Trinajstić information content (AvgIpc) is 3.17. The molecule has 1 heterocycles. The van der Waals surface area contributed by atoms with Crippen molar-refractivity contribution in [1.29, 1.82) is 0 Å². The Balaban J connectivity index is 1.53. The van der Waals surface area contributed by atoms with Crippen LogP contribution in [0.25, 0.3) is 11.0 Å². The van der Waals surface area contributed by atoms with Crippen molar-refractivity contribution in [2.24, 2.45) is 0 Å². The van der Waals surface area contributed by atoms with E-state index in [9.17, 15) is 13.2 Å². The summed E-state index contributed by atoms with van der Waals surface area (Å²) in [5, 5.41) is 0.598. The minimum absolute atomic E-state index is 0.0839. The summed E-state index contributed by atoms with van der Waals surface area (Å²) in [6, 6.07) is 20.3. The maximum Gasteiger partial charge on any atom is 0.264 e. The highest BCUT2D eigenvalue weighted by Crippen LogP contribution is 2.24. The molecule has 36 heavy (non-hydrogen) atoms. The summed E-state index contributed by atoms with van der Waals surface area (Å²) >= 11 is 6.61. The van der Waals surface area contributed by atoms with E-state index in [0.717, 1.165) is 34.6 Å². The number of carbonyl (C=O) groups excluding carboxylic acids is 1.